The number of carbonyl (C=O) groups is 1. The molecule has 0 saturated carbocycles. The van der Waals surface area contributed by atoms with Gasteiger partial charge in [-0.3, -0.25) is 4.79 Å². The molecule has 0 spiro atoms. The van der Waals surface area contributed by atoms with Gasteiger partial charge in [-0.1, -0.05) is 27.7 Å². The summed E-state index contributed by atoms with van der Waals surface area (Å²) in [5.74, 6) is 0.00246. The van der Waals surface area contributed by atoms with Gasteiger partial charge in [-0.05, 0) is 6.26 Å². The third-order valence-electron chi connectivity index (χ3n) is 1.25. The van der Waals surface area contributed by atoms with E-state index in [0.29, 0.717) is 16.0 Å². The van der Waals surface area contributed by atoms with E-state index in [9.17, 15) is 4.79 Å². The Morgan fingerprint density at radius 1 is 1.58 bits per heavy atom. The first-order valence-corrected chi connectivity index (χ1v) is 5.57. The molecule has 0 aliphatic heterocycles. The Labute approximate surface area is 83.1 Å². The van der Waals surface area contributed by atoms with Gasteiger partial charge in [-0.2, -0.15) is 0 Å². The summed E-state index contributed by atoms with van der Waals surface area (Å²) in [5, 5.41) is 0.996. The zero-order valence-electron chi connectivity index (χ0n) is 6.45. The lowest BCUT2D eigenvalue weighted by Crippen LogP contribution is -2.01. The Hall–Kier alpha value is -0.420. The van der Waals surface area contributed by atoms with Crippen LogP contribution in [0.3, 0.4) is 0 Å². The van der Waals surface area contributed by atoms with Crippen LogP contribution in [-0.2, 0) is 0 Å². The molecule has 0 atom stereocenters. The lowest BCUT2D eigenvalue weighted by atomic mass is 10.2. The third-order valence-corrected chi connectivity index (χ3v) is 2.34. The number of hydrogen-bond donors (Lipinski definition) is 0. The van der Waals surface area contributed by atoms with Gasteiger partial charge < -0.3 is 0 Å². The monoisotopic (exact) mass is 246 g/mol. The van der Waals surface area contributed by atoms with Gasteiger partial charge in [-0.15, -0.1) is 0 Å². The molecule has 1 heterocycles. The van der Waals surface area contributed by atoms with Crippen molar-refractivity contribution in [2.45, 2.75) is 5.16 Å². The van der Waals surface area contributed by atoms with Crippen molar-refractivity contribution in [1.82, 2.24) is 9.97 Å². The van der Waals surface area contributed by atoms with Crippen molar-refractivity contribution >= 4 is 33.5 Å². The minimum atomic E-state index is 0.00246. The molecule has 1 aromatic rings. The molecule has 5 heteroatoms. The summed E-state index contributed by atoms with van der Waals surface area (Å²) < 4.78 is 0. The van der Waals surface area contributed by atoms with Crippen molar-refractivity contribution in [3.8, 4) is 0 Å². The lowest BCUT2D eigenvalue weighted by molar-refractivity contribution is 0.102. The minimum absolute atomic E-state index is 0.00246. The van der Waals surface area contributed by atoms with Gasteiger partial charge in [0.15, 0.2) is 10.9 Å². The average molecular weight is 247 g/mol. The lowest BCUT2D eigenvalue weighted by Gasteiger charge is -1.96. The van der Waals surface area contributed by atoms with E-state index in [0.717, 1.165) is 0 Å². The fraction of sp³-hybridized carbons (Fsp3) is 0.286. The summed E-state index contributed by atoms with van der Waals surface area (Å²) in [4.78, 5) is 19.0. The maximum Gasteiger partial charge on any atom is 0.187 e. The number of thioether (sulfide) groups is 1. The zero-order valence-corrected chi connectivity index (χ0v) is 8.85. The van der Waals surface area contributed by atoms with Gasteiger partial charge in [0.25, 0.3) is 0 Å². The Balaban J connectivity index is 2.84. The number of carbonyl (C=O) groups excluding carboxylic acids is 1. The summed E-state index contributed by atoms with van der Waals surface area (Å²) in [7, 11) is 0. The first kappa shape index (κ1) is 9.67. The predicted octanol–water partition coefficient (Wildman–Crippen LogP) is 1.78. The van der Waals surface area contributed by atoms with Gasteiger partial charge in [-0.25, -0.2) is 9.97 Å². The number of aromatic nitrogens is 2. The molecule has 64 valence electrons. The second-order valence-corrected chi connectivity index (χ2v) is 3.35. The number of rotatable bonds is 3. The minimum Gasteiger partial charge on any atom is -0.293 e. The summed E-state index contributed by atoms with van der Waals surface area (Å²) in [6, 6.07) is 0. The van der Waals surface area contributed by atoms with Gasteiger partial charge >= 0.3 is 0 Å². The number of hydrogen-bond acceptors (Lipinski definition) is 4. The molecule has 0 aliphatic rings. The molecule has 0 aromatic carbocycles. The fourth-order valence-corrected chi connectivity index (χ4v) is 1.28. The van der Waals surface area contributed by atoms with Crippen LogP contribution in [0.25, 0.3) is 0 Å². The predicted molar refractivity (Wildman–Crippen MR) is 51.9 cm³/mol. The van der Waals surface area contributed by atoms with Crippen LogP contribution in [0, 0.1) is 0 Å². The number of halogens is 1. The smallest absolute Gasteiger partial charge is 0.187 e. The van der Waals surface area contributed by atoms with Crippen LogP contribution < -0.4 is 0 Å². The highest BCUT2D eigenvalue weighted by Gasteiger charge is 2.04. The number of ketones is 1. The topological polar surface area (TPSA) is 42.9 Å². The normalized spacial score (nSPS) is 9.83. The molecule has 3 nitrogen and oxygen atoms in total. The van der Waals surface area contributed by atoms with E-state index in [2.05, 4.69) is 25.9 Å². The van der Waals surface area contributed by atoms with Gasteiger partial charge in [0.2, 0.25) is 0 Å². The van der Waals surface area contributed by atoms with Gasteiger partial charge in [0, 0.05) is 12.4 Å². The molecule has 0 amide bonds. The van der Waals surface area contributed by atoms with Crippen molar-refractivity contribution in [3.63, 3.8) is 0 Å². The highest BCUT2D eigenvalue weighted by molar-refractivity contribution is 9.09. The number of Topliss-reactive ketones (excluding diaryl/α,β-unsaturated/α-hetero) is 1. The van der Waals surface area contributed by atoms with E-state index in [1.807, 2.05) is 6.26 Å². The van der Waals surface area contributed by atoms with Crippen molar-refractivity contribution < 1.29 is 4.79 Å². The average Bonchev–Trinajstić information content (AvgIpc) is 2.17. The van der Waals surface area contributed by atoms with Crippen molar-refractivity contribution in [3.05, 3.63) is 18.0 Å². The summed E-state index contributed by atoms with van der Waals surface area (Å²) in [6.45, 7) is 0. The number of nitrogens with zero attached hydrogens (tertiary/aromatic N) is 2. The quantitative estimate of drug-likeness (QED) is 0.353. The molecular weight excluding hydrogens is 240 g/mol. The first-order chi connectivity index (χ1) is 5.77. The van der Waals surface area contributed by atoms with E-state index < -0.39 is 0 Å². The van der Waals surface area contributed by atoms with E-state index in [1.165, 1.54) is 11.8 Å². The van der Waals surface area contributed by atoms with Crippen LogP contribution in [-0.4, -0.2) is 27.3 Å². The SMILES string of the molecule is CSc1ncc(C(=O)CBr)cn1. The molecule has 1 rings (SSSR count). The van der Waals surface area contributed by atoms with Crippen LogP contribution >= 0.6 is 27.7 Å². The summed E-state index contributed by atoms with van der Waals surface area (Å²) in [6.07, 6.45) is 4.98. The molecule has 0 unspecified atom stereocenters. The standard InChI is InChI=1S/C7H7BrN2OS/c1-12-7-9-3-5(4-10-7)6(11)2-8/h3-4H,2H2,1H3. The fourth-order valence-electron chi connectivity index (χ4n) is 0.643. The van der Waals surface area contributed by atoms with Crippen molar-refractivity contribution in [1.29, 1.82) is 0 Å². The Kier molecular flexibility index (Phi) is 3.68. The molecule has 0 aliphatic carbocycles. The highest BCUT2D eigenvalue weighted by atomic mass is 79.9. The van der Waals surface area contributed by atoms with E-state index in [1.54, 1.807) is 12.4 Å². The van der Waals surface area contributed by atoms with Crippen LogP contribution in [0.15, 0.2) is 17.6 Å². The van der Waals surface area contributed by atoms with Crippen LogP contribution in [0.4, 0.5) is 0 Å². The molecule has 0 radical (unpaired) electrons. The molecule has 0 fully saturated rings. The highest BCUT2D eigenvalue weighted by Crippen LogP contribution is 2.07. The Morgan fingerprint density at radius 3 is 2.58 bits per heavy atom. The molecule has 1 aromatic heterocycles. The molecule has 0 N–H and O–H groups in total. The number of alkyl halides is 1. The van der Waals surface area contributed by atoms with Crippen LogP contribution in [0.2, 0.25) is 0 Å². The second kappa shape index (κ2) is 4.57. The van der Waals surface area contributed by atoms with E-state index in [4.69, 9.17) is 0 Å². The summed E-state index contributed by atoms with van der Waals surface area (Å²) in [5.41, 5.74) is 0.546. The maximum atomic E-state index is 11.1. The third kappa shape index (κ3) is 2.28. The molecule has 12 heavy (non-hydrogen) atoms. The Bertz CT molecular complexity index is 275. The van der Waals surface area contributed by atoms with Gasteiger partial charge in [0.1, 0.15) is 0 Å². The Morgan fingerprint density at radius 2 is 2.17 bits per heavy atom. The molecule has 0 saturated heterocycles. The van der Waals surface area contributed by atoms with Crippen molar-refractivity contribution in [2.24, 2.45) is 0 Å². The van der Waals surface area contributed by atoms with Crippen LogP contribution in [0.5, 0.6) is 0 Å². The molecule has 0 bridgehead atoms. The van der Waals surface area contributed by atoms with Gasteiger partial charge in [0.05, 0.1) is 10.9 Å². The summed E-state index contributed by atoms with van der Waals surface area (Å²) >= 11 is 4.53. The maximum absolute atomic E-state index is 11.1. The first-order valence-electron chi connectivity index (χ1n) is 3.23. The zero-order chi connectivity index (χ0) is 8.97. The van der Waals surface area contributed by atoms with Crippen LogP contribution in [0.1, 0.15) is 10.4 Å². The van der Waals surface area contributed by atoms with E-state index in [-0.39, 0.29) is 5.78 Å². The van der Waals surface area contributed by atoms with Crippen molar-refractivity contribution in [2.75, 3.05) is 11.6 Å². The molecular formula is C7H7BrN2OS. The largest absolute Gasteiger partial charge is 0.293 e. The second-order valence-electron chi connectivity index (χ2n) is 2.02. The van der Waals surface area contributed by atoms with E-state index >= 15 is 0 Å².